The van der Waals surface area contributed by atoms with Gasteiger partial charge in [0.15, 0.2) is 5.82 Å². The molecule has 7 nitrogen and oxygen atoms in total. The van der Waals surface area contributed by atoms with Gasteiger partial charge in [-0.15, -0.1) is 0 Å². The summed E-state index contributed by atoms with van der Waals surface area (Å²) < 4.78 is 8.03. The molecule has 1 aliphatic heterocycles. The molecule has 37 heavy (non-hydrogen) atoms. The molecule has 192 valence electrons. The Morgan fingerprint density at radius 1 is 0.919 bits per heavy atom. The summed E-state index contributed by atoms with van der Waals surface area (Å²) >= 11 is 0. The van der Waals surface area contributed by atoms with Crippen LogP contribution in [-0.4, -0.2) is 44.1 Å². The molecule has 2 N–H and O–H groups in total. The first-order valence-corrected chi connectivity index (χ1v) is 13.7. The van der Waals surface area contributed by atoms with E-state index >= 15 is 0 Å². The third-order valence-corrected chi connectivity index (χ3v) is 8.02. The molecule has 0 unspecified atom stereocenters. The molecule has 6 rings (SSSR count). The average Bonchev–Trinajstić information content (AvgIpc) is 3.35. The van der Waals surface area contributed by atoms with Crippen molar-refractivity contribution in [2.24, 2.45) is 5.92 Å². The minimum atomic E-state index is 0.380. The summed E-state index contributed by atoms with van der Waals surface area (Å²) in [6.07, 6.45) is 10.4. The van der Waals surface area contributed by atoms with E-state index in [1.165, 1.54) is 51.7 Å². The fourth-order valence-corrected chi connectivity index (χ4v) is 6.03. The maximum Gasteiger partial charge on any atom is 0.153 e. The second-order valence-electron chi connectivity index (χ2n) is 10.6. The quantitative estimate of drug-likeness (QED) is 0.353. The predicted molar refractivity (Wildman–Crippen MR) is 146 cm³/mol. The second-order valence-corrected chi connectivity index (χ2v) is 10.6. The number of fused-ring (bicyclic) bond motifs is 1. The van der Waals surface area contributed by atoms with Gasteiger partial charge in [0.1, 0.15) is 35.7 Å². The highest BCUT2D eigenvalue weighted by Gasteiger charge is 2.29. The number of anilines is 1. The van der Waals surface area contributed by atoms with E-state index in [2.05, 4.69) is 33.2 Å². The van der Waals surface area contributed by atoms with Gasteiger partial charge >= 0.3 is 0 Å². The molecular weight excluding hydrogens is 460 g/mol. The molecule has 7 heteroatoms. The summed E-state index contributed by atoms with van der Waals surface area (Å²) in [4.78, 5) is 12.1. The molecule has 0 atom stereocenters. The number of nitrogens with zero attached hydrogens (tertiary/aromatic N) is 5. The van der Waals surface area contributed by atoms with Crippen LogP contribution in [-0.2, 0) is 6.61 Å². The van der Waals surface area contributed by atoms with E-state index < -0.39 is 0 Å². The Morgan fingerprint density at radius 3 is 2.54 bits per heavy atom. The van der Waals surface area contributed by atoms with Crippen molar-refractivity contribution in [2.45, 2.75) is 57.5 Å². The van der Waals surface area contributed by atoms with E-state index in [0.29, 0.717) is 18.3 Å². The van der Waals surface area contributed by atoms with Crippen molar-refractivity contribution in [3.8, 4) is 17.0 Å². The summed E-state index contributed by atoms with van der Waals surface area (Å²) in [5, 5.41) is 4.60. The number of piperidine rings is 1. The fourth-order valence-electron chi connectivity index (χ4n) is 6.03. The minimum absolute atomic E-state index is 0.380. The Morgan fingerprint density at radius 2 is 1.73 bits per heavy atom. The van der Waals surface area contributed by atoms with E-state index in [1.807, 2.05) is 40.9 Å². The number of nitrogen functional groups attached to an aromatic ring is 1. The topological polar surface area (TPSA) is 81.6 Å². The number of nitrogens with two attached hydrogens (primary N) is 1. The summed E-state index contributed by atoms with van der Waals surface area (Å²) in [5.41, 5.74) is 10.1. The Bertz CT molecular complexity index is 1320. The number of hydrogen-bond acceptors (Lipinski definition) is 6. The molecule has 0 spiro atoms. The first kappa shape index (κ1) is 23.9. The van der Waals surface area contributed by atoms with E-state index in [-0.39, 0.29) is 0 Å². The molecule has 2 aromatic heterocycles. The van der Waals surface area contributed by atoms with E-state index in [4.69, 9.17) is 15.5 Å². The smallest absolute Gasteiger partial charge is 0.153 e. The maximum atomic E-state index is 6.39. The molecule has 1 saturated carbocycles. The third kappa shape index (κ3) is 5.32. The lowest BCUT2D eigenvalue weighted by atomic mass is 9.81. The van der Waals surface area contributed by atoms with Crippen LogP contribution in [0.25, 0.3) is 16.8 Å². The number of hydrogen-bond donors (Lipinski definition) is 1. The standard InChI is InChI=1S/C30H36N6O/c31-29-28-27(25-10-7-11-26(18-25)37-20-23-8-3-1-4-9-23)34-30(36(28)33-21-32-29)24-14-12-22(13-15-24)19-35-16-5-2-6-17-35/h1,3-4,7-11,18,21-22,24H,2,5-6,12-17,19-20H2,(H2,31,32,33). The molecule has 1 aliphatic carbocycles. The summed E-state index contributed by atoms with van der Waals surface area (Å²) in [6, 6.07) is 18.3. The Hall–Kier alpha value is -3.45. The average molecular weight is 497 g/mol. The Balaban J connectivity index is 1.22. The van der Waals surface area contributed by atoms with Gasteiger partial charge in [-0.1, -0.05) is 48.9 Å². The van der Waals surface area contributed by atoms with Gasteiger partial charge in [-0.3, -0.25) is 0 Å². The van der Waals surface area contributed by atoms with E-state index in [9.17, 15) is 0 Å². The summed E-state index contributed by atoms with van der Waals surface area (Å²) in [7, 11) is 0. The zero-order valence-corrected chi connectivity index (χ0v) is 21.4. The van der Waals surface area contributed by atoms with Crippen molar-refractivity contribution in [3.63, 3.8) is 0 Å². The van der Waals surface area contributed by atoms with E-state index in [1.54, 1.807) is 6.33 Å². The zero-order valence-electron chi connectivity index (χ0n) is 21.4. The van der Waals surface area contributed by atoms with Crippen LogP contribution in [0.15, 0.2) is 60.9 Å². The van der Waals surface area contributed by atoms with Crippen LogP contribution in [0.5, 0.6) is 5.75 Å². The van der Waals surface area contributed by atoms with Gasteiger partial charge in [0.25, 0.3) is 0 Å². The number of imidazole rings is 1. The van der Waals surface area contributed by atoms with Crippen LogP contribution in [0.3, 0.4) is 0 Å². The van der Waals surface area contributed by atoms with Crippen LogP contribution in [0, 0.1) is 5.92 Å². The van der Waals surface area contributed by atoms with Crippen molar-refractivity contribution in [1.82, 2.24) is 24.5 Å². The highest BCUT2D eigenvalue weighted by atomic mass is 16.5. The normalized spacial score (nSPS) is 20.8. The van der Waals surface area contributed by atoms with Crippen LogP contribution in [0.2, 0.25) is 0 Å². The number of likely N-dealkylation sites (tertiary alicyclic amines) is 1. The van der Waals surface area contributed by atoms with Gasteiger partial charge in [-0.2, -0.15) is 5.10 Å². The van der Waals surface area contributed by atoms with E-state index in [0.717, 1.165) is 52.7 Å². The zero-order chi connectivity index (χ0) is 25.0. The molecule has 2 aromatic carbocycles. The van der Waals surface area contributed by atoms with Gasteiger partial charge < -0.3 is 15.4 Å². The first-order valence-electron chi connectivity index (χ1n) is 13.7. The molecule has 0 bridgehead atoms. The maximum absolute atomic E-state index is 6.39. The monoisotopic (exact) mass is 496 g/mol. The first-order chi connectivity index (χ1) is 18.2. The number of aromatic nitrogens is 4. The van der Waals surface area contributed by atoms with Crippen LogP contribution in [0.4, 0.5) is 5.82 Å². The number of benzene rings is 2. The molecule has 3 heterocycles. The van der Waals surface area contributed by atoms with Crippen molar-refractivity contribution < 1.29 is 4.74 Å². The highest BCUT2D eigenvalue weighted by molar-refractivity contribution is 5.85. The van der Waals surface area contributed by atoms with Crippen LogP contribution >= 0.6 is 0 Å². The Labute approximate surface area is 218 Å². The van der Waals surface area contributed by atoms with Crippen molar-refractivity contribution >= 4 is 11.3 Å². The van der Waals surface area contributed by atoms with Gasteiger partial charge in [-0.05, 0) is 75.2 Å². The highest BCUT2D eigenvalue weighted by Crippen LogP contribution is 2.39. The van der Waals surface area contributed by atoms with Crippen LogP contribution < -0.4 is 10.5 Å². The summed E-state index contributed by atoms with van der Waals surface area (Å²) in [6.45, 7) is 4.33. The van der Waals surface area contributed by atoms with Gasteiger partial charge in [0.2, 0.25) is 0 Å². The fraction of sp³-hybridized carbons (Fsp3) is 0.433. The largest absolute Gasteiger partial charge is 0.489 e. The summed E-state index contributed by atoms with van der Waals surface area (Å²) in [5.74, 6) is 3.44. The number of ether oxygens (including phenoxy) is 1. The Kier molecular flexibility index (Phi) is 7.04. The van der Waals surface area contributed by atoms with Gasteiger partial charge in [0, 0.05) is 18.0 Å². The lowest BCUT2D eigenvalue weighted by Gasteiger charge is -2.34. The molecule has 4 aromatic rings. The van der Waals surface area contributed by atoms with Crippen LogP contribution in [0.1, 0.15) is 62.3 Å². The molecule has 0 radical (unpaired) electrons. The lowest BCUT2D eigenvalue weighted by molar-refractivity contribution is 0.168. The van der Waals surface area contributed by atoms with Gasteiger partial charge in [0.05, 0.1) is 0 Å². The minimum Gasteiger partial charge on any atom is -0.489 e. The predicted octanol–water partition coefficient (Wildman–Crippen LogP) is 5.71. The van der Waals surface area contributed by atoms with Gasteiger partial charge in [-0.25, -0.2) is 14.5 Å². The molecular formula is C30H36N6O. The van der Waals surface area contributed by atoms with Crippen molar-refractivity contribution in [1.29, 1.82) is 0 Å². The van der Waals surface area contributed by atoms with Crippen molar-refractivity contribution in [2.75, 3.05) is 25.4 Å². The second kappa shape index (κ2) is 10.9. The SMILES string of the molecule is Nc1ncnn2c(C3CCC(CN4CCCCC4)CC3)nc(-c3cccc(OCc4ccccc4)c3)c12. The molecule has 0 amide bonds. The molecule has 2 fully saturated rings. The molecule has 2 aliphatic rings. The number of rotatable bonds is 7. The lowest BCUT2D eigenvalue weighted by Crippen LogP contribution is -2.35. The third-order valence-electron chi connectivity index (χ3n) is 8.02. The van der Waals surface area contributed by atoms with Crippen molar-refractivity contribution in [3.05, 3.63) is 72.3 Å². The molecule has 1 saturated heterocycles.